The molecule has 0 radical (unpaired) electrons. The third kappa shape index (κ3) is 5.55. The molecule has 2 aromatic carbocycles. The fourth-order valence-electron chi connectivity index (χ4n) is 2.57. The lowest BCUT2D eigenvalue weighted by atomic mass is 10.1. The van der Waals surface area contributed by atoms with Gasteiger partial charge in [0.25, 0.3) is 0 Å². The zero-order valence-corrected chi connectivity index (χ0v) is 14.9. The van der Waals surface area contributed by atoms with Gasteiger partial charge in [0.15, 0.2) is 0 Å². The summed E-state index contributed by atoms with van der Waals surface area (Å²) in [6.07, 6.45) is -0.624. The SMILES string of the molecule is Cc1cccc(C)c1NCCNCC(O)COc1cccc(N)c1N. The topological polar surface area (TPSA) is 106 Å². The van der Waals surface area contributed by atoms with Crippen LogP contribution < -0.4 is 26.8 Å². The molecule has 2 aromatic rings. The highest BCUT2D eigenvalue weighted by Gasteiger charge is 2.08. The Bertz CT molecular complexity index is 671. The van der Waals surface area contributed by atoms with Crippen LogP contribution in [0.5, 0.6) is 5.75 Å². The van der Waals surface area contributed by atoms with Crippen LogP contribution in [0.4, 0.5) is 17.1 Å². The van der Waals surface area contributed by atoms with Crippen molar-refractivity contribution in [2.24, 2.45) is 0 Å². The largest absolute Gasteiger partial charge is 0.489 e. The number of rotatable bonds is 9. The molecule has 25 heavy (non-hydrogen) atoms. The van der Waals surface area contributed by atoms with Crippen molar-refractivity contribution in [1.82, 2.24) is 5.32 Å². The fraction of sp³-hybridized carbons (Fsp3) is 0.368. The van der Waals surface area contributed by atoms with E-state index in [0.717, 1.165) is 13.1 Å². The molecule has 0 aliphatic rings. The van der Waals surface area contributed by atoms with E-state index in [9.17, 15) is 5.11 Å². The number of hydrogen-bond acceptors (Lipinski definition) is 6. The van der Waals surface area contributed by atoms with Crippen LogP contribution in [-0.2, 0) is 0 Å². The molecule has 0 heterocycles. The summed E-state index contributed by atoms with van der Waals surface area (Å²) < 4.78 is 5.53. The molecule has 0 aliphatic carbocycles. The maximum absolute atomic E-state index is 10.00. The predicted molar refractivity (Wildman–Crippen MR) is 104 cm³/mol. The molecule has 136 valence electrons. The molecule has 1 unspecified atom stereocenters. The zero-order chi connectivity index (χ0) is 18.2. The predicted octanol–water partition coefficient (Wildman–Crippen LogP) is 1.91. The summed E-state index contributed by atoms with van der Waals surface area (Å²) in [4.78, 5) is 0. The Hall–Kier alpha value is -2.44. The second-order valence-electron chi connectivity index (χ2n) is 6.12. The molecule has 2 rings (SSSR count). The van der Waals surface area contributed by atoms with Gasteiger partial charge in [-0.1, -0.05) is 24.3 Å². The van der Waals surface area contributed by atoms with Gasteiger partial charge in [-0.3, -0.25) is 0 Å². The summed E-state index contributed by atoms with van der Waals surface area (Å²) in [5.41, 5.74) is 16.1. The second kappa shape index (κ2) is 9.15. The monoisotopic (exact) mass is 344 g/mol. The number of para-hydroxylation sites is 2. The number of nitrogens with two attached hydrogens (primary N) is 2. The zero-order valence-electron chi connectivity index (χ0n) is 14.9. The summed E-state index contributed by atoms with van der Waals surface area (Å²) in [5, 5.41) is 16.6. The van der Waals surface area contributed by atoms with E-state index >= 15 is 0 Å². The van der Waals surface area contributed by atoms with Crippen LogP contribution in [-0.4, -0.2) is 37.5 Å². The maximum Gasteiger partial charge on any atom is 0.144 e. The molecule has 0 aliphatic heterocycles. The lowest BCUT2D eigenvalue weighted by Gasteiger charge is -2.16. The first-order valence-electron chi connectivity index (χ1n) is 8.44. The third-order valence-electron chi connectivity index (χ3n) is 4.00. The number of nitrogen functional groups attached to an aromatic ring is 2. The highest BCUT2D eigenvalue weighted by molar-refractivity contribution is 5.70. The Morgan fingerprint density at radius 1 is 1.04 bits per heavy atom. The van der Waals surface area contributed by atoms with Crippen molar-refractivity contribution >= 4 is 17.1 Å². The molecule has 7 N–H and O–H groups in total. The minimum atomic E-state index is -0.624. The normalized spacial score (nSPS) is 12.0. The number of ether oxygens (including phenoxy) is 1. The average molecular weight is 344 g/mol. The Labute approximate surface area is 149 Å². The molecule has 0 saturated carbocycles. The van der Waals surface area contributed by atoms with Gasteiger partial charge in [-0.25, -0.2) is 0 Å². The van der Waals surface area contributed by atoms with Crippen LogP contribution in [0.3, 0.4) is 0 Å². The van der Waals surface area contributed by atoms with E-state index in [0.29, 0.717) is 23.7 Å². The van der Waals surface area contributed by atoms with E-state index in [-0.39, 0.29) is 6.61 Å². The van der Waals surface area contributed by atoms with E-state index in [4.69, 9.17) is 16.2 Å². The molecule has 0 spiro atoms. The fourth-order valence-corrected chi connectivity index (χ4v) is 2.57. The van der Waals surface area contributed by atoms with E-state index in [2.05, 4.69) is 42.7 Å². The summed E-state index contributed by atoms with van der Waals surface area (Å²) in [6, 6.07) is 11.4. The minimum Gasteiger partial charge on any atom is -0.489 e. The molecule has 1 atom stereocenters. The van der Waals surface area contributed by atoms with Gasteiger partial charge in [-0.15, -0.1) is 0 Å². The first kappa shape index (κ1) is 18.9. The van der Waals surface area contributed by atoms with E-state index in [1.165, 1.54) is 16.8 Å². The average Bonchev–Trinajstić information content (AvgIpc) is 2.58. The second-order valence-corrected chi connectivity index (χ2v) is 6.12. The first-order valence-corrected chi connectivity index (χ1v) is 8.44. The molecule has 0 bridgehead atoms. The van der Waals surface area contributed by atoms with E-state index < -0.39 is 6.10 Å². The number of nitrogens with one attached hydrogen (secondary N) is 2. The highest BCUT2D eigenvalue weighted by atomic mass is 16.5. The van der Waals surface area contributed by atoms with Gasteiger partial charge < -0.3 is 31.9 Å². The van der Waals surface area contributed by atoms with Crippen LogP contribution in [0.25, 0.3) is 0 Å². The maximum atomic E-state index is 10.00. The van der Waals surface area contributed by atoms with Crippen LogP contribution in [0.1, 0.15) is 11.1 Å². The quantitative estimate of drug-likeness (QED) is 0.351. The van der Waals surface area contributed by atoms with Gasteiger partial charge in [0, 0.05) is 25.3 Å². The number of benzene rings is 2. The van der Waals surface area contributed by atoms with Gasteiger partial charge >= 0.3 is 0 Å². The number of aryl methyl sites for hydroxylation is 2. The van der Waals surface area contributed by atoms with Crippen LogP contribution >= 0.6 is 0 Å². The summed E-state index contributed by atoms with van der Waals surface area (Å²) in [6.45, 7) is 6.30. The highest BCUT2D eigenvalue weighted by Crippen LogP contribution is 2.26. The van der Waals surface area contributed by atoms with Gasteiger partial charge in [-0.05, 0) is 37.1 Å². The molecule has 6 nitrogen and oxygen atoms in total. The molecule has 0 fully saturated rings. The van der Waals surface area contributed by atoms with Crippen molar-refractivity contribution < 1.29 is 9.84 Å². The summed E-state index contributed by atoms with van der Waals surface area (Å²) in [5.74, 6) is 0.496. The van der Waals surface area contributed by atoms with Crippen molar-refractivity contribution in [2.75, 3.05) is 43.0 Å². The van der Waals surface area contributed by atoms with Crippen LogP contribution in [0.2, 0.25) is 0 Å². The van der Waals surface area contributed by atoms with Gasteiger partial charge in [-0.2, -0.15) is 0 Å². The van der Waals surface area contributed by atoms with Crippen molar-refractivity contribution in [3.63, 3.8) is 0 Å². The van der Waals surface area contributed by atoms with Crippen LogP contribution in [0, 0.1) is 13.8 Å². The number of aliphatic hydroxyl groups excluding tert-OH is 1. The lowest BCUT2D eigenvalue weighted by molar-refractivity contribution is 0.107. The van der Waals surface area contributed by atoms with Gasteiger partial charge in [0.1, 0.15) is 18.5 Å². The van der Waals surface area contributed by atoms with E-state index in [1.54, 1.807) is 18.2 Å². The number of anilines is 3. The van der Waals surface area contributed by atoms with E-state index in [1.807, 2.05) is 0 Å². The molecular weight excluding hydrogens is 316 g/mol. The van der Waals surface area contributed by atoms with Gasteiger partial charge in [0.05, 0.1) is 11.4 Å². The molecule has 6 heteroatoms. The standard InChI is InChI=1S/C19H28N4O2/c1-13-5-3-6-14(2)19(13)23-10-9-22-11-15(24)12-25-17-8-4-7-16(20)18(17)21/h3-8,15,22-24H,9-12,20-21H2,1-2H3. The Kier molecular flexibility index (Phi) is 6.91. The van der Waals surface area contributed by atoms with Crippen molar-refractivity contribution in [2.45, 2.75) is 20.0 Å². The van der Waals surface area contributed by atoms with Crippen molar-refractivity contribution in [3.05, 3.63) is 47.5 Å². The van der Waals surface area contributed by atoms with Crippen molar-refractivity contribution in [3.8, 4) is 5.75 Å². The lowest BCUT2D eigenvalue weighted by Crippen LogP contribution is -2.34. The molecular formula is C19H28N4O2. The van der Waals surface area contributed by atoms with Crippen molar-refractivity contribution in [1.29, 1.82) is 0 Å². The summed E-state index contributed by atoms with van der Waals surface area (Å²) >= 11 is 0. The smallest absolute Gasteiger partial charge is 0.144 e. The molecule has 0 saturated heterocycles. The Balaban J connectivity index is 1.65. The summed E-state index contributed by atoms with van der Waals surface area (Å²) in [7, 11) is 0. The molecule has 0 aromatic heterocycles. The minimum absolute atomic E-state index is 0.158. The Morgan fingerprint density at radius 3 is 2.44 bits per heavy atom. The Morgan fingerprint density at radius 2 is 1.72 bits per heavy atom. The van der Waals surface area contributed by atoms with Gasteiger partial charge in [0.2, 0.25) is 0 Å². The number of aliphatic hydroxyl groups is 1. The first-order chi connectivity index (χ1) is 12.0. The molecule has 0 amide bonds. The third-order valence-corrected chi connectivity index (χ3v) is 4.00. The number of hydrogen-bond donors (Lipinski definition) is 5. The van der Waals surface area contributed by atoms with Crippen LogP contribution in [0.15, 0.2) is 36.4 Å².